The second-order valence-electron chi connectivity index (χ2n) is 11.7. The molecular formula is C29H31N7O2. The number of anilines is 1. The van der Waals surface area contributed by atoms with E-state index in [4.69, 9.17) is 9.72 Å². The van der Waals surface area contributed by atoms with Crippen LogP contribution in [0.15, 0.2) is 49.2 Å². The zero-order valence-electron chi connectivity index (χ0n) is 22.2. The number of hydrogen-bond donors (Lipinski definition) is 0. The maximum absolute atomic E-state index is 12.5. The van der Waals surface area contributed by atoms with Crippen LogP contribution >= 0.6 is 0 Å². The number of aryl methyl sites for hydroxylation is 1. The Morgan fingerprint density at radius 1 is 1.11 bits per heavy atom. The maximum Gasteiger partial charge on any atom is 0.309 e. The monoisotopic (exact) mass is 509 g/mol. The van der Waals surface area contributed by atoms with Crippen molar-refractivity contribution in [3.05, 3.63) is 54.7 Å². The molecule has 2 aliphatic rings. The van der Waals surface area contributed by atoms with E-state index < -0.39 is 5.60 Å². The Kier molecular flexibility index (Phi) is 5.53. The van der Waals surface area contributed by atoms with E-state index in [1.807, 2.05) is 58.7 Å². The average molecular weight is 510 g/mol. The molecule has 1 aliphatic heterocycles. The van der Waals surface area contributed by atoms with E-state index in [1.165, 1.54) is 0 Å². The fraction of sp³-hybridized carbons (Fsp3) is 0.414. The van der Waals surface area contributed by atoms with Crippen molar-refractivity contribution in [2.24, 2.45) is 18.4 Å². The summed E-state index contributed by atoms with van der Waals surface area (Å²) in [5.41, 5.74) is 4.77. The van der Waals surface area contributed by atoms with Gasteiger partial charge in [0, 0.05) is 61.0 Å². The van der Waals surface area contributed by atoms with Gasteiger partial charge in [-0.15, -0.1) is 0 Å². The second-order valence-corrected chi connectivity index (χ2v) is 11.7. The Morgan fingerprint density at radius 2 is 1.92 bits per heavy atom. The van der Waals surface area contributed by atoms with Crippen LogP contribution in [0.25, 0.3) is 27.8 Å². The lowest BCUT2D eigenvalue weighted by Crippen LogP contribution is -2.45. The molecular weight excluding hydrogens is 478 g/mol. The highest BCUT2D eigenvalue weighted by molar-refractivity contribution is 5.87. The Hall–Kier alpha value is -4.19. The molecule has 0 radical (unpaired) electrons. The van der Waals surface area contributed by atoms with Crippen LogP contribution in [0.2, 0.25) is 0 Å². The zero-order chi connectivity index (χ0) is 26.7. The van der Waals surface area contributed by atoms with Crippen LogP contribution in [0.4, 0.5) is 5.82 Å². The largest absolute Gasteiger partial charge is 0.460 e. The molecule has 194 valence electrons. The number of carbonyl (C=O) groups is 1. The topological polar surface area (TPSA) is 101 Å². The average Bonchev–Trinajstić information content (AvgIpc) is 3.59. The van der Waals surface area contributed by atoms with E-state index in [1.54, 1.807) is 15.4 Å². The minimum absolute atomic E-state index is 0.00370. The second kappa shape index (κ2) is 8.69. The molecule has 9 nitrogen and oxygen atoms in total. The van der Waals surface area contributed by atoms with Crippen molar-refractivity contribution in [1.82, 2.24) is 24.4 Å². The molecule has 4 aromatic rings. The third-order valence-corrected chi connectivity index (χ3v) is 7.69. The fourth-order valence-corrected chi connectivity index (χ4v) is 5.89. The van der Waals surface area contributed by atoms with E-state index in [2.05, 4.69) is 33.3 Å². The lowest BCUT2D eigenvalue weighted by Gasteiger charge is -2.44. The van der Waals surface area contributed by atoms with Crippen molar-refractivity contribution in [2.75, 3.05) is 18.0 Å². The Morgan fingerprint density at radius 3 is 2.58 bits per heavy atom. The summed E-state index contributed by atoms with van der Waals surface area (Å²) < 4.78 is 9.11. The molecule has 0 bridgehead atoms. The Balaban J connectivity index is 1.23. The Bertz CT molecular complexity index is 1560. The molecule has 0 aromatic carbocycles. The number of aromatic nitrogens is 5. The molecule has 4 aromatic heterocycles. The third-order valence-electron chi connectivity index (χ3n) is 7.69. The van der Waals surface area contributed by atoms with E-state index in [9.17, 15) is 10.1 Å². The van der Waals surface area contributed by atoms with Gasteiger partial charge < -0.3 is 9.64 Å². The number of pyridine rings is 2. The molecule has 0 unspecified atom stereocenters. The molecule has 1 aliphatic carbocycles. The van der Waals surface area contributed by atoms with E-state index in [0.717, 1.165) is 65.9 Å². The number of nitrogens with zero attached hydrogens (tertiary/aromatic N) is 7. The molecule has 0 atom stereocenters. The number of ether oxygens (including phenoxy) is 1. The molecule has 0 N–H and O–H groups in total. The molecule has 38 heavy (non-hydrogen) atoms. The number of esters is 1. The van der Waals surface area contributed by atoms with Gasteiger partial charge in [0.05, 0.1) is 29.4 Å². The summed E-state index contributed by atoms with van der Waals surface area (Å²) in [6.07, 6.45) is 12.0. The van der Waals surface area contributed by atoms with Gasteiger partial charge in [0.15, 0.2) is 0 Å². The van der Waals surface area contributed by atoms with Gasteiger partial charge in [0.2, 0.25) is 0 Å². The van der Waals surface area contributed by atoms with Crippen molar-refractivity contribution in [3.63, 3.8) is 0 Å². The molecule has 5 heterocycles. The van der Waals surface area contributed by atoms with Crippen LogP contribution in [-0.2, 0) is 16.6 Å². The van der Waals surface area contributed by atoms with Crippen molar-refractivity contribution < 1.29 is 9.53 Å². The van der Waals surface area contributed by atoms with Crippen LogP contribution in [0, 0.1) is 22.7 Å². The smallest absolute Gasteiger partial charge is 0.309 e. The highest BCUT2D eigenvalue weighted by Crippen LogP contribution is 2.53. The van der Waals surface area contributed by atoms with Gasteiger partial charge in [-0.2, -0.15) is 15.5 Å². The molecule has 2 fully saturated rings. The lowest BCUT2D eigenvalue weighted by atomic mass is 9.61. The van der Waals surface area contributed by atoms with Crippen LogP contribution < -0.4 is 4.90 Å². The minimum atomic E-state index is -0.443. The summed E-state index contributed by atoms with van der Waals surface area (Å²) in [7, 11) is 1.89. The van der Waals surface area contributed by atoms with Crippen LogP contribution in [0.5, 0.6) is 0 Å². The SMILES string of the molecule is Cn1cc(-c2cc(-c3ccc(N4CCC5(CC(C(=O)OC(C)(C)C)C5)C4)nc3)c3c(C#N)cnn3c2)cn1. The summed E-state index contributed by atoms with van der Waals surface area (Å²) in [5, 5.41) is 18.4. The van der Waals surface area contributed by atoms with E-state index >= 15 is 0 Å². The van der Waals surface area contributed by atoms with Crippen LogP contribution in [0.3, 0.4) is 0 Å². The van der Waals surface area contributed by atoms with Gasteiger partial charge in [-0.3, -0.25) is 9.48 Å². The van der Waals surface area contributed by atoms with Crippen molar-refractivity contribution >= 4 is 17.3 Å². The number of rotatable bonds is 4. The molecule has 1 saturated heterocycles. The predicted molar refractivity (Wildman–Crippen MR) is 143 cm³/mol. The van der Waals surface area contributed by atoms with Crippen molar-refractivity contribution in [3.8, 4) is 28.3 Å². The Labute approximate surface area is 221 Å². The van der Waals surface area contributed by atoms with E-state index in [0.29, 0.717) is 5.56 Å². The first-order chi connectivity index (χ1) is 18.1. The van der Waals surface area contributed by atoms with Crippen molar-refractivity contribution in [1.29, 1.82) is 5.26 Å². The van der Waals surface area contributed by atoms with Crippen molar-refractivity contribution in [2.45, 2.75) is 45.6 Å². The predicted octanol–water partition coefficient (Wildman–Crippen LogP) is 4.62. The van der Waals surface area contributed by atoms with Gasteiger partial charge in [-0.25, -0.2) is 9.50 Å². The first-order valence-electron chi connectivity index (χ1n) is 13.0. The molecule has 0 amide bonds. The summed E-state index contributed by atoms with van der Waals surface area (Å²) in [5.74, 6) is 0.865. The van der Waals surface area contributed by atoms with Gasteiger partial charge in [-0.05, 0) is 63.6 Å². The van der Waals surface area contributed by atoms with Gasteiger partial charge in [0.25, 0.3) is 0 Å². The highest BCUT2D eigenvalue weighted by Gasteiger charge is 2.52. The van der Waals surface area contributed by atoms with Crippen LogP contribution in [-0.4, -0.2) is 49.0 Å². The fourth-order valence-electron chi connectivity index (χ4n) is 5.89. The molecule has 1 spiro atoms. The zero-order valence-corrected chi connectivity index (χ0v) is 22.2. The molecule has 6 rings (SSSR count). The standard InChI is InChI=1S/C29H31N7O2/c1-28(2,3)38-27(37)21-10-29(11-21)7-8-35(18-29)25-6-5-19(13-31-25)24-9-20(23-15-32-34(4)16-23)17-36-26(24)22(12-30)14-33-36/h5-6,9,13-17,21H,7-8,10-11,18H2,1-4H3. The summed E-state index contributed by atoms with van der Waals surface area (Å²) in [4.78, 5) is 19.6. The first kappa shape index (κ1) is 24.2. The summed E-state index contributed by atoms with van der Waals surface area (Å²) in [6, 6.07) is 8.45. The van der Waals surface area contributed by atoms with Gasteiger partial charge >= 0.3 is 5.97 Å². The third kappa shape index (κ3) is 4.30. The summed E-state index contributed by atoms with van der Waals surface area (Å²) in [6.45, 7) is 7.58. The van der Waals surface area contributed by atoms with Crippen LogP contribution in [0.1, 0.15) is 45.6 Å². The van der Waals surface area contributed by atoms with Gasteiger partial charge in [-0.1, -0.05) is 0 Å². The quantitative estimate of drug-likeness (QED) is 0.370. The maximum atomic E-state index is 12.5. The number of hydrogen-bond acceptors (Lipinski definition) is 7. The highest BCUT2D eigenvalue weighted by atomic mass is 16.6. The summed E-state index contributed by atoms with van der Waals surface area (Å²) >= 11 is 0. The number of fused-ring (bicyclic) bond motifs is 1. The first-order valence-corrected chi connectivity index (χ1v) is 13.0. The normalized spacial score (nSPS) is 21.0. The molecule has 9 heteroatoms. The van der Waals surface area contributed by atoms with Gasteiger partial charge in [0.1, 0.15) is 17.5 Å². The lowest BCUT2D eigenvalue weighted by molar-refractivity contribution is -0.167. The number of carbonyl (C=O) groups excluding carboxylic acids is 1. The molecule has 1 saturated carbocycles. The van der Waals surface area contributed by atoms with E-state index in [-0.39, 0.29) is 17.3 Å². The number of nitriles is 1. The minimum Gasteiger partial charge on any atom is -0.460 e.